The SMILES string of the molecule is Nc1ccc(Cl)cc1C(=O)c1c[nH]c2cc(Br)ccc12. The summed E-state index contributed by atoms with van der Waals surface area (Å²) >= 11 is 9.34. The van der Waals surface area contributed by atoms with Crippen molar-refractivity contribution in [1.29, 1.82) is 0 Å². The Bertz CT molecular complexity index is 826. The highest BCUT2D eigenvalue weighted by atomic mass is 79.9. The van der Waals surface area contributed by atoms with Crippen LogP contribution >= 0.6 is 27.5 Å². The molecule has 1 heterocycles. The fourth-order valence-electron chi connectivity index (χ4n) is 2.16. The number of H-pyrrole nitrogens is 1. The maximum absolute atomic E-state index is 12.6. The van der Waals surface area contributed by atoms with Gasteiger partial charge in [0.2, 0.25) is 0 Å². The van der Waals surface area contributed by atoms with Crippen molar-refractivity contribution in [2.45, 2.75) is 0 Å². The fraction of sp³-hybridized carbons (Fsp3) is 0. The molecule has 0 amide bonds. The van der Waals surface area contributed by atoms with Gasteiger partial charge in [0.25, 0.3) is 0 Å². The maximum Gasteiger partial charge on any atom is 0.197 e. The van der Waals surface area contributed by atoms with Crippen LogP contribution in [-0.4, -0.2) is 10.8 Å². The van der Waals surface area contributed by atoms with E-state index in [1.54, 1.807) is 24.4 Å². The van der Waals surface area contributed by atoms with Crippen LogP contribution in [0.15, 0.2) is 47.1 Å². The number of carbonyl (C=O) groups is 1. The largest absolute Gasteiger partial charge is 0.398 e. The molecular weight excluding hydrogens is 340 g/mol. The highest BCUT2D eigenvalue weighted by Gasteiger charge is 2.17. The summed E-state index contributed by atoms with van der Waals surface area (Å²) in [5, 5.41) is 1.35. The number of carbonyl (C=O) groups excluding carboxylic acids is 1. The van der Waals surface area contributed by atoms with E-state index in [0.29, 0.717) is 21.8 Å². The lowest BCUT2D eigenvalue weighted by Gasteiger charge is -2.04. The highest BCUT2D eigenvalue weighted by molar-refractivity contribution is 9.10. The van der Waals surface area contributed by atoms with Gasteiger partial charge in [-0.1, -0.05) is 33.6 Å². The number of hydrogen-bond donors (Lipinski definition) is 2. The molecule has 2 aromatic carbocycles. The first-order valence-corrected chi connectivity index (χ1v) is 7.10. The van der Waals surface area contributed by atoms with Crippen LogP contribution in [-0.2, 0) is 0 Å². The number of aromatic amines is 1. The van der Waals surface area contributed by atoms with Crippen molar-refractivity contribution in [2.24, 2.45) is 0 Å². The van der Waals surface area contributed by atoms with Crippen molar-refractivity contribution in [1.82, 2.24) is 4.98 Å². The average molecular weight is 350 g/mol. The van der Waals surface area contributed by atoms with E-state index in [4.69, 9.17) is 17.3 Å². The van der Waals surface area contributed by atoms with E-state index in [2.05, 4.69) is 20.9 Å². The normalized spacial score (nSPS) is 10.9. The van der Waals surface area contributed by atoms with Gasteiger partial charge in [-0.05, 0) is 30.3 Å². The van der Waals surface area contributed by atoms with Crippen molar-refractivity contribution in [3.63, 3.8) is 0 Å². The van der Waals surface area contributed by atoms with Crippen LogP contribution in [0.25, 0.3) is 10.9 Å². The number of fused-ring (bicyclic) bond motifs is 1. The van der Waals surface area contributed by atoms with E-state index in [-0.39, 0.29) is 5.78 Å². The number of rotatable bonds is 2. The van der Waals surface area contributed by atoms with E-state index in [9.17, 15) is 4.79 Å². The molecule has 3 nitrogen and oxygen atoms in total. The van der Waals surface area contributed by atoms with E-state index in [1.807, 2.05) is 18.2 Å². The Labute approximate surface area is 128 Å². The number of halogens is 2. The lowest BCUT2D eigenvalue weighted by molar-refractivity contribution is 0.104. The second-order valence-electron chi connectivity index (χ2n) is 4.45. The second kappa shape index (κ2) is 4.96. The summed E-state index contributed by atoms with van der Waals surface area (Å²) in [7, 11) is 0. The Morgan fingerprint density at radius 2 is 1.95 bits per heavy atom. The number of nitrogen functional groups attached to an aromatic ring is 1. The number of aromatic nitrogens is 1. The van der Waals surface area contributed by atoms with Crippen LogP contribution in [0.3, 0.4) is 0 Å². The Hall–Kier alpha value is -1.78. The molecule has 0 aliphatic carbocycles. The summed E-state index contributed by atoms with van der Waals surface area (Å²) in [6, 6.07) is 10.6. The summed E-state index contributed by atoms with van der Waals surface area (Å²) < 4.78 is 0.952. The van der Waals surface area contributed by atoms with Gasteiger partial charge in [0.1, 0.15) is 0 Å². The van der Waals surface area contributed by atoms with Gasteiger partial charge in [-0.3, -0.25) is 4.79 Å². The minimum atomic E-state index is -0.140. The molecule has 0 spiro atoms. The van der Waals surface area contributed by atoms with Crippen molar-refractivity contribution < 1.29 is 4.79 Å². The average Bonchev–Trinajstić information content (AvgIpc) is 2.83. The van der Waals surface area contributed by atoms with Gasteiger partial charge in [-0.15, -0.1) is 0 Å². The van der Waals surface area contributed by atoms with Gasteiger partial charge >= 0.3 is 0 Å². The van der Waals surface area contributed by atoms with Crippen molar-refractivity contribution >= 4 is 49.9 Å². The molecule has 3 rings (SSSR count). The van der Waals surface area contributed by atoms with E-state index < -0.39 is 0 Å². The topological polar surface area (TPSA) is 58.9 Å². The fourth-order valence-corrected chi connectivity index (χ4v) is 2.69. The number of ketones is 1. The van der Waals surface area contributed by atoms with Crippen LogP contribution in [0.5, 0.6) is 0 Å². The minimum Gasteiger partial charge on any atom is -0.398 e. The second-order valence-corrected chi connectivity index (χ2v) is 5.81. The molecule has 0 bridgehead atoms. The molecule has 0 saturated heterocycles. The monoisotopic (exact) mass is 348 g/mol. The van der Waals surface area contributed by atoms with E-state index in [0.717, 1.165) is 15.4 Å². The first kappa shape index (κ1) is 13.2. The molecule has 0 atom stereocenters. The molecule has 0 aliphatic heterocycles. The molecule has 20 heavy (non-hydrogen) atoms. The van der Waals surface area contributed by atoms with Gasteiger partial charge in [0.05, 0.1) is 0 Å². The van der Waals surface area contributed by atoms with E-state index in [1.165, 1.54) is 0 Å². The van der Waals surface area contributed by atoms with Gasteiger partial charge in [-0.2, -0.15) is 0 Å². The molecule has 3 N–H and O–H groups in total. The lowest BCUT2D eigenvalue weighted by atomic mass is 10.0. The van der Waals surface area contributed by atoms with Crippen LogP contribution in [0.1, 0.15) is 15.9 Å². The minimum absolute atomic E-state index is 0.140. The molecule has 100 valence electrons. The van der Waals surface area contributed by atoms with Gasteiger partial charge in [-0.25, -0.2) is 0 Å². The first-order chi connectivity index (χ1) is 9.56. The Morgan fingerprint density at radius 3 is 2.75 bits per heavy atom. The molecule has 0 radical (unpaired) electrons. The number of hydrogen-bond acceptors (Lipinski definition) is 2. The molecular formula is C15H10BrClN2O. The molecule has 0 fully saturated rings. The van der Waals surface area contributed by atoms with Crippen LogP contribution in [0, 0.1) is 0 Å². The standard InChI is InChI=1S/C15H10BrClN2O/c16-8-1-3-10-12(7-19-14(10)5-8)15(20)11-6-9(17)2-4-13(11)18/h1-7,19H,18H2. The summed E-state index contributed by atoms with van der Waals surface area (Å²) in [4.78, 5) is 15.7. The molecule has 0 saturated carbocycles. The summed E-state index contributed by atoms with van der Waals surface area (Å²) in [6.45, 7) is 0. The van der Waals surface area contributed by atoms with Crippen molar-refractivity contribution in [2.75, 3.05) is 5.73 Å². The Kier molecular flexibility index (Phi) is 3.28. The zero-order valence-corrected chi connectivity index (χ0v) is 12.6. The third-order valence-electron chi connectivity index (χ3n) is 3.15. The maximum atomic E-state index is 12.6. The van der Waals surface area contributed by atoms with Gasteiger partial charge in [0, 0.05) is 43.4 Å². The molecule has 1 aromatic heterocycles. The molecule has 5 heteroatoms. The predicted octanol–water partition coefficient (Wildman–Crippen LogP) is 4.40. The van der Waals surface area contributed by atoms with Crippen LogP contribution in [0.2, 0.25) is 5.02 Å². The van der Waals surface area contributed by atoms with Crippen LogP contribution in [0.4, 0.5) is 5.69 Å². The highest BCUT2D eigenvalue weighted by Crippen LogP contribution is 2.27. The van der Waals surface area contributed by atoms with Crippen LogP contribution < -0.4 is 5.73 Å². The molecule has 3 aromatic rings. The third-order valence-corrected chi connectivity index (χ3v) is 3.88. The Balaban J connectivity index is 2.15. The van der Waals surface area contributed by atoms with Gasteiger partial charge < -0.3 is 10.7 Å². The van der Waals surface area contributed by atoms with Crippen molar-refractivity contribution in [3.05, 3.63) is 63.2 Å². The molecule has 0 unspecified atom stereocenters. The third kappa shape index (κ3) is 2.21. The quantitative estimate of drug-likeness (QED) is 0.532. The lowest BCUT2D eigenvalue weighted by Crippen LogP contribution is -2.04. The number of nitrogens with two attached hydrogens (primary N) is 1. The summed E-state index contributed by atoms with van der Waals surface area (Å²) in [5.74, 6) is -0.140. The zero-order valence-electron chi connectivity index (χ0n) is 10.3. The molecule has 0 aliphatic rings. The first-order valence-electron chi connectivity index (χ1n) is 5.92. The zero-order chi connectivity index (χ0) is 14.3. The number of nitrogens with one attached hydrogen (secondary N) is 1. The predicted molar refractivity (Wildman–Crippen MR) is 85.3 cm³/mol. The van der Waals surface area contributed by atoms with Crippen molar-refractivity contribution in [3.8, 4) is 0 Å². The number of anilines is 1. The van der Waals surface area contributed by atoms with E-state index >= 15 is 0 Å². The summed E-state index contributed by atoms with van der Waals surface area (Å²) in [6.07, 6.45) is 1.69. The number of benzene rings is 2. The summed E-state index contributed by atoms with van der Waals surface area (Å²) in [5.41, 5.74) is 8.18. The Morgan fingerprint density at radius 1 is 1.15 bits per heavy atom. The van der Waals surface area contributed by atoms with Gasteiger partial charge in [0.15, 0.2) is 5.78 Å². The smallest absolute Gasteiger partial charge is 0.197 e.